The van der Waals surface area contributed by atoms with Crippen LogP contribution in [0.15, 0.2) is 18.2 Å². The number of benzene rings is 1. The van der Waals surface area contributed by atoms with Gasteiger partial charge in [0.2, 0.25) is 11.8 Å². The normalized spacial score (nSPS) is 23.3. The summed E-state index contributed by atoms with van der Waals surface area (Å²) in [5, 5.41) is 0.447. The summed E-state index contributed by atoms with van der Waals surface area (Å²) in [4.78, 5) is 37.9. The number of carbonyl (C=O) groups excluding carboxylic acids is 3. The number of hydrogen-bond acceptors (Lipinski definition) is 4. The molecule has 1 aliphatic heterocycles. The first kappa shape index (κ1) is 17.2. The Morgan fingerprint density at radius 2 is 1.75 bits per heavy atom. The Kier molecular flexibility index (Phi) is 5.11. The SMILES string of the molecule is O=C(CCN1C(=O)[C@@H]2CCCC[C@H]2C1=O)Oc1cccc(Cl)c1Cl. The van der Waals surface area contributed by atoms with E-state index in [1.165, 1.54) is 11.0 Å². The zero-order valence-electron chi connectivity index (χ0n) is 13.0. The average molecular weight is 370 g/mol. The molecular weight excluding hydrogens is 353 g/mol. The molecular formula is C17H17Cl2NO4. The molecule has 1 aromatic rings. The molecule has 128 valence electrons. The van der Waals surface area contributed by atoms with Crippen molar-refractivity contribution in [2.75, 3.05) is 6.54 Å². The van der Waals surface area contributed by atoms with Crippen LogP contribution in [0.2, 0.25) is 10.0 Å². The molecule has 3 rings (SSSR count). The summed E-state index contributed by atoms with van der Waals surface area (Å²) < 4.78 is 5.17. The van der Waals surface area contributed by atoms with Gasteiger partial charge in [0, 0.05) is 6.54 Å². The van der Waals surface area contributed by atoms with E-state index < -0.39 is 5.97 Å². The molecule has 2 fully saturated rings. The largest absolute Gasteiger partial charge is 0.425 e. The van der Waals surface area contributed by atoms with Gasteiger partial charge in [0.05, 0.1) is 23.3 Å². The first-order valence-electron chi connectivity index (χ1n) is 7.99. The third-order valence-electron chi connectivity index (χ3n) is 4.61. The highest BCUT2D eigenvalue weighted by Crippen LogP contribution is 2.38. The van der Waals surface area contributed by atoms with Gasteiger partial charge in [-0.25, -0.2) is 0 Å². The van der Waals surface area contributed by atoms with Crippen LogP contribution in [-0.4, -0.2) is 29.2 Å². The first-order valence-corrected chi connectivity index (χ1v) is 8.74. The number of carbonyl (C=O) groups is 3. The molecule has 1 saturated carbocycles. The van der Waals surface area contributed by atoms with E-state index in [4.69, 9.17) is 27.9 Å². The van der Waals surface area contributed by atoms with Crippen LogP contribution in [0.25, 0.3) is 0 Å². The Labute approximate surface area is 149 Å². The van der Waals surface area contributed by atoms with Crippen molar-refractivity contribution in [1.82, 2.24) is 4.90 Å². The van der Waals surface area contributed by atoms with E-state index in [0.29, 0.717) is 0 Å². The van der Waals surface area contributed by atoms with Gasteiger partial charge in [-0.15, -0.1) is 0 Å². The van der Waals surface area contributed by atoms with Crippen LogP contribution in [0.4, 0.5) is 0 Å². The Morgan fingerprint density at radius 1 is 1.12 bits per heavy atom. The zero-order valence-corrected chi connectivity index (χ0v) is 14.5. The second-order valence-electron chi connectivity index (χ2n) is 6.10. The van der Waals surface area contributed by atoms with Crippen LogP contribution in [0.5, 0.6) is 5.75 Å². The predicted octanol–water partition coefficient (Wildman–Crippen LogP) is 3.46. The summed E-state index contributed by atoms with van der Waals surface area (Å²) in [5.74, 6) is -1.11. The highest BCUT2D eigenvalue weighted by Gasteiger charge is 2.47. The summed E-state index contributed by atoms with van der Waals surface area (Å²) in [6.07, 6.45) is 3.40. The third kappa shape index (κ3) is 3.28. The number of fused-ring (bicyclic) bond motifs is 1. The molecule has 1 heterocycles. The van der Waals surface area contributed by atoms with Crippen molar-refractivity contribution >= 4 is 41.0 Å². The second-order valence-corrected chi connectivity index (χ2v) is 6.89. The molecule has 2 atom stereocenters. The van der Waals surface area contributed by atoms with Crippen LogP contribution in [0, 0.1) is 11.8 Å². The quantitative estimate of drug-likeness (QED) is 0.463. The minimum Gasteiger partial charge on any atom is -0.425 e. The van der Waals surface area contributed by atoms with Gasteiger partial charge >= 0.3 is 5.97 Å². The van der Waals surface area contributed by atoms with Gasteiger partial charge in [0.1, 0.15) is 5.02 Å². The fourth-order valence-corrected chi connectivity index (χ4v) is 3.72. The van der Waals surface area contributed by atoms with Gasteiger partial charge in [0.15, 0.2) is 5.75 Å². The predicted molar refractivity (Wildman–Crippen MR) is 88.9 cm³/mol. The van der Waals surface area contributed by atoms with Gasteiger partial charge in [-0.1, -0.05) is 42.1 Å². The summed E-state index contributed by atoms with van der Waals surface area (Å²) in [7, 11) is 0. The van der Waals surface area contributed by atoms with Crippen LogP contribution in [-0.2, 0) is 14.4 Å². The molecule has 0 spiro atoms. The van der Waals surface area contributed by atoms with Gasteiger partial charge in [-0.3, -0.25) is 19.3 Å². The Hall–Kier alpha value is -1.59. The maximum Gasteiger partial charge on any atom is 0.313 e. The Balaban J connectivity index is 1.59. The average Bonchev–Trinajstić information content (AvgIpc) is 2.82. The molecule has 2 amide bonds. The van der Waals surface area contributed by atoms with Crippen LogP contribution in [0.3, 0.4) is 0 Å². The Bertz CT molecular complexity index is 667. The van der Waals surface area contributed by atoms with E-state index in [2.05, 4.69) is 0 Å². The van der Waals surface area contributed by atoms with Crippen LogP contribution < -0.4 is 4.74 Å². The molecule has 0 unspecified atom stereocenters. The van der Waals surface area contributed by atoms with E-state index >= 15 is 0 Å². The van der Waals surface area contributed by atoms with Gasteiger partial charge in [0.25, 0.3) is 0 Å². The third-order valence-corrected chi connectivity index (χ3v) is 5.41. The van der Waals surface area contributed by atoms with Crippen molar-refractivity contribution in [3.63, 3.8) is 0 Å². The van der Waals surface area contributed by atoms with E-state index in [-0.39, 0.29) is 52.4 Å². The lowest BCUT2D eigenvalue weighted by molar-refractivity contribution is -0.141. The lowest BCUT2D eigenvalue weighted by Crippen LogP contribution is -2.33. The lowest BCUT2D eigenvalue weighted by atomic mass is 9.81. The number of ether oxygens (including phenoxy) is 1. The smallest absolute Gasteiger partial charge is 0.313 e. The molecule has 2 aliphatic rings. The van der Waals surface area contributed by atoms with E-state index in [1.54, 1.807) is 12.1 Å². The van der Waals surface area contributed by atoms with Gasteiger partial charge in [-0.05, 0) is 25.0 Å². The van der Waals surface area contributed by atoms with Gasteiger partial charge in [-0.2, -0.15) is 0 Å². The van der Waals surface area contributed by atoms with Crippen molar-refractivity contribution in [2.24, 2.45) is 11.8 Å². The molecule has 24 heavy (non-hydrogen) atoms. The number of rotatable bonds is 4. The topological polar surface area (TPSA) is 63.7 Å². The fraction of sp³-hybridized carbons (Fsp3) is 0.471. The summed E-state index contributed by atoms with van der Waals surface area (Å²) >= 11 is 11.8. The molecule has 0 aromatic heterocycles. The molecule has 0 N–H and O–H groups in total. The summed E-state index contributed by atoms with van der Waals surface area (Å²) in [5.41, 5.74) is 0. The maximum atomic E-state index is 12.3. The molecule has 1 aliphatic carbocycles. The fourth-order valence-electron chi connectivity index (χ4n) is 3.39. The van der Waals surface area contributed by atoms with Crippen molar-refractivity contribution in [1.29, 1.82) is 0 Å². The molecule has 1 saturated heterocycles. The molecule has 1 aromatic carbocycles. The standard InChI is InChI=1S/C17H17Cl2NO4/c18-12-6-3-7-13(15(12)19)24-14(21)8-9-20-16(22)10-4-1-2-5-11(10)17(20)23/h3,6-7,10-11H,1-2,4-5,8-9H2/t10-,11-/m1/s1. The van der Waals surface area contributed by atoms with Crippen molar-refractivity contribution in [2.45, 2.75) is 32.1 Å². The highest BCUT2D eigenvalue weighted by molar-refractivity contribution is 6.43. The molecule has 0 radical (unpaired) electrons. The minimum atomic E-state index is -0.561. The summed E-state index contributed by atoms with van der Waals surface area (Å²) in [6.45, 7) is 0.0433. The molecule has 7 heteroatoms. The Morgan fingerprint density at radius 3 is 2.38 bits per heavy atom. The first-order chi connectivity index (χ1) is 11.5. The van der Waals surface area contributed by atoms with Gasteiger partial charge < -0.3 is 4.74 Å². The monoisotopic (exact) mass is 369 g/mol. The molecule has 0 bridgehead atoms. The number of esters is 1. The summed E-state index contributed by atoms with van der Waals surface area (Å²) in [6, 6.07) is 4.74. The van der Waals surface area contributed by atoms with Crippen LogP contribution in [0.1, 0.15) is 32.1 Å². The number of hydrogen-bond donors (Lipinski definition) is 0. The number of amides is 2. The second kappa shape index (κ2) is 7.11. The lowest BCUT2D eigenvalue weighted by Gasteiger charge is -2.19. The minimum absolute atomic E-state index is 0.0433. The number of likely N-dealkylation sites (tertiary alicyclic amines) is 1. The van der Waals surface area contributed by atoms with Crippen LogP contribution >= 0.6 is 23.2 Å². The van der Waals surface area contributed by atoms with Crippen molar-refractivity contribution < 1.29 is 19.1 Å². The van der Waals surface area contributed by atoms with E-state index in [9.17, 15) is 14.4 Å². The molecule has 5 nitrogen and oxygen atoms in total. The number of imide groups is 1. The number of nitrogens with zero attached hydrogens (tertiary/aromatic N) is 1. The maximum absolute atomic E-state index is 12.3. The highest BCUT2D eigenvalue weighted by atomic mass is 35.5. The van der Waals surface area contributed by atoms with E-state index in [1.807, 2.05) is 0 Å². The number of halogens is 2. The zero-order chi connectivity index (χ0) is 17.3. The van der Waals surface area contributed by atoms with Crippen molar-refractivity contribution in [3.8, 4) is 5.75 Å². The van der Waals surface area contributed by atoms with E-state index in [0.717, 1.165) is 25.7 Å². The van der Waals surface area contributed by atoms with Crippen molar-refractivity contribution in [3.05, 3.63) is 28.2 Å².